The van der Waals surface area contributed by atoms with E-state index in [1.54, 1.807) is 12.1 Å². The van der Waals surface area contributed by atoms with Crippen LogP contribution >= 0.6 is 12.4 Å². The van der Waals surface area contributed by atoms with Crippen LogP contribution in [0.25, 0.3) is 0 Å². The molecule has 1 aliphatic rings. The Morgan fingerprint density at radius 1 is 1.31 bits per heavy atom. The number of nitrogens with zero attached hydrogens (tertiary/aromatic N) is 1. The van der Waals surface area contributed by atoms with Crippen LogP contribution in [-0.2, 0) is 0 Å². The van der Waals surface area contributed by atoms with Crippen LogP contribution in [0, 0.1) is 5.82 Å². The molecule has 5 heteroatoms. The number of benzene rings is 1. The third-order valence-electron chi connectivity index (χ3n) is 2.62. The maximum absolute atomic E-state index is 13.2. The first-order valence-electron chi connectivity index (χ1n) is 5.10. The average Bonchev–Trinajstić information content (AvgIpc) is 2.31. The first kappa shape index (κ1) is 13.1. The molecule has 0 radical (unpaired) electrons. The molecule has 16 heavy (non-hydrogen) atoms. The van der Waals surface area contributed by atoms with Crippen molar-refractivity contribution >= 4 is 18.1 Å². The van der Waals surface area contributed by atoms with E-state index in [1.807, 2.05) is 0 Å². The first-order chi connectivity index (χ1) is 7.31. The summed E-state index contributed by atoms with van der Waals surface area (Å²) in [5.41, 5.74) is 1.02. The molecular formula is C11H16ClFN2O. The molecule has 3 nitrogen and oxygen atoms in total. The fraction of sp³-hybridized carbons (Fsp3) is 0.455. The summed E-state index contributed by atoms with van der Waals surface area (Å²) in [5.74, 6) is 0.00224. The van der Waals surface area contributed by atoms with Gasteiger partial charge in [-0.3, -0.25) is 0 Å². The van der Waals surface area contributed by atoms with Crippen molar-refractivity contribution in [3.05, 3.63) is 24.0 Å². The zero-order valence-electron chi connectivity index (χ0n) is 9.20. The van der Waals surface area contributed by atoms with Gasteiger partial charge in [0.05, 0.1) is 7.11 Å². The molecule has 0 aliphatic carbocycles. The summed E-state index contributed by atoms with van der Waals surface area (Å²) in [6.07, 6.45) is 0. The van der Waals surface area contributed by atoms with Crippen molar-refractivity contribution in [2.24, 2.45) is 0 Å². The molecule has 1 heterocycles. The summed E-state index contributed by atoms with van der Waals surface area (Å²) in [6.45, 7) is 3.85. The van der Waals surface area contributed by atoms with Crippen molar-refractivity contribution < 1.29 is 9.13 Å². The summed E-state index contributed by atoms with van der Waals surface area (Å²) in [7, 11) is 1.49. The number of hydrogen-bond acceptors (Lipinski definition) is 3. The van der Waals surface area contributed by atoms with Crippen molar-refractivity contribution in [1.29, 1.82) is 0 Å². The summed E-state index contributed by atoms with van der Waals surface area (Å²) < 4.78 is 18.1. The van der Waals surface area contributed by atoms with Gasteiger partial charge >= 0.3 is 0 Å². The Labute approximate surface area is 101 Å². The van der Waals surface area contributed by atoms with Gasteiger partial charge < -0.3 is 15.0 Å². The highest BCUT2D eigenvalue weighted by Gasteiger charge is 2.12. The van der Waals surface area contributed by atoms with E-state index in [9.17, 15) is 4.39 Å². The molecule has 1 aromatic rings. The van der Waals surface area contributed by atoms with Crippen LogP contribution in [0.1, 0.15) is 0 Å². The smallest absolute Gasteiger partial charge is 0.165 e. The number of methoxy groups -OCH3 is 1. The molecule has 1 saturated heterocycles. The van der Waals surface area contributed by atoms with Crippen LogP contribution in [-0.4, -0.2) is 33.3 Å². The van der Waals surface area contributed by atoms with Gasteiger partial charge in [0, 0.05) is 37.9 Å². The topological polar surface area (TPSA) is 24.5 Å². The van der Waals surface area contributed by atoms with E-state index in [4.69, 9.17) is 4.74 Å². The zero-order valence-corrected chi connectivity index (χ0v) is 10.0. The zero-order chi connectivity index (χ0) is 10.7. The summed E-state index contributed by atoms with van der Waals surface area (Å²) >= 11 is 0. The molecule has 2 rings (SSSR count). The molecule has 0 aromatic heterocycles. The predicted octanol–water partition coefficient (Wildman–Crippen LogP) is 1.67. The highest BCUT2D eigenvalue weighted by atomic mass is 35.5. The molecule has 0 unspecified atom stereocenters. The Bertz CT molecular complexity index is 343. The van der Waals surface area contributed by atoms with Gasteiger partial charge in [-0.15, -0.1) is 12.4 Å². The van der Waals surface area contributed by atoms with E-state index < -0.39 is 0 Å². The molecule has 1 aromatic carbocycles. The van der Waals surface area contributed by atoms with Crippen molar-refractivity contribution in [3.8, 4) is 5.75 Å². The highest BCUT2D eigenvalue weighted by Crippen LogP contribution is 2.24. The van der Waals surface area contributed by atoms with Crippen molar-refractivity contribution in [2.45, 2.75) is 0 Å². The van der Waals surface area contributed by atoms with Crippen LogP contribution in [0.5, 0.6) is 5.75 Å². The summed E-state index contributed by atoms with van der Waals surface area (Å²) in [4.78, 5) is 2.22. The van der Waals surface area contributed by atoms with E-state index in [1.165, 1.54) is 13.2 Å². The normalized spacial score (nSPS) is 15.5. The second kappa shape index (κ2) is 5.92. The van der Waals surface area contributed by atoms with E-state index >= 15 is 0 Å². The van der Waals surface area contributed by atoms with Crippen LogP contribution in [0.2, 0.25) is 0 Å². The lowest BCUT2D eigenvalue weighted by Crippen LogP contribution is -2.43. The van der Waals surface area contributed by atoms with Gasteiger partial charge in [-0.1, -0.05) is 0 Å². The van der Waals surface area contributed by atoms with Crippen LogP contribution in [0.4, 0.5) is 10.1 Å². The molecule has 0 spiro atoms. The third-order valence-corrected chi connectivity index (χ3v) is 2.62. The van der Waals surface area contributed by atoms with Gasteiger partial charge in [-0.25, -0.2) is 4.39 Å². The minimum Gasteiger partial charge on any atom is -0.494 e. The Kier molecular flexibility index (Phi) is 4.83. The Morgan fingerprint density at radius 2 is 2.00 bits per heavy atom. The van der Waals surface area contributed by atoms with E-state index in [0.29, 0.717) is 5.75 Å². The molecule has 0 amide bonds. The number of anilines is 1. The van der Waals surface area contributed by atoms with Crippen molar-refractivity contribution in [3.63, 3.8) is 0 Å². The maximum atomic E-state index is 13.2. The number of rotatable bonds is 2. The molecule has 0 bridgehead atoms. The first-order valence-corrected chi connectivity index (χ1v) is 5.10. The minimum atomic E-state index is -0.309. The summed E-state index contributed by atoms with van der Waals surface area (Å²) in [6, 6.07) is 5.00. The fourth-order valence-corrected chi connectivity index (χ4v) is 1.77. The van der Waals surface area contributed by atoms with Gasteiger partial charge in [0.15, 0.2) is 11.6 Å². The second-order valence-corrected chi connectivity index (χ2v) is 3.56. The van der Waals surface area contributed by atoms with E-state index in [0.717, 1.165) is 31.9 Å². The lowest BCUT2D eigenvalue weighted by Gasteiger charge is -2.29. The molecule has 0 atom stereocenters. The third kappa shape index (κ3) is 2.77. The van der Waals surface area contributed by atoms with Crippen LogP contribution in [0.15, 0.2) is 18.2 Å². The van der Waals surface area contributed by atoms with Gasteiger partial charge in [0.25, 0.3) is 0 Å². The van der Waals surface area contributed by atoms with Gasteiger partial charge in [-0.05, 0) is 12.1 Å². The minimum absolute atomic E-state index is 0. The number of hydrogen-bond donors (Lipinski definition) is 1. The Morgan fingerprint density at radius 3 is 2.62 bits per heavy atom. The number of nitrogens with one attached hydrogen (secondary N) is 1. The van der Waals surface area contributed by atoms with Crippen molar-refractivity contribution in [1.82, 2.24) is 5.32 Å². The van der Waals surface area contributed by atoms with Gasteiger partial charge in [0.1, 0.15) is 0 Å². The Balaban J connectivity index is 0.00000128. The standard InChI is InChI=1S/C11H15FN2O.ClH/c1-15-11-8-9(2-3-10(11)12)14-6-4-13-5-7-14;/h2-3,8,13H,4-7H2,1H3;1H. The fourth-order valence-electron chi connectivity index (χ4n) is 1.77. The highest BCUT2D eigenvalue weighted by molar-refractivity contribution is 5.85. The Hall–Kier alpha value is -1.00. The number of piperazine rings is 1. The maximum Gasteiger partial charge on any atom is 0.165 e. The van der Waals surface area contributed by atoms with Gasteiger partial charge in [-0.2, -0.15) is 0 Å². The van der Waals surface area contributed by atoms with E-state index in [-0.39, 0.29) is 18.2 Å². The average molecular weight is 247 g/mol. The molecule has 1 N–H and O–H groups in total. The quantitative estimate of drug-likeness (QED) is 0.859. The van der Waals surface area contributed by atoms with Crippen molar-refractivity contribution in [2.75, 3.05) is 38.2 Å². The van der Waals surface area contributed by atoms with Gasteiger partial charge in [0.2, 0.25) is 0 Å². The predicted molar refractivity (Wildman–Crippen MR) is 65.3 cm³/mol. The monoisotopic (exact) mass is 246 g/mol. The SMILES string of the molecule is COc1cc(N2CCNCC2)ccc1F.Cl. The molecule has 1 aliphatic heterocycles. The molecule has 1 fully saturated rings. The molecule has 90 valence electrons. The molecule has 0 saturated carbocycles. The van der Waals surface area contributed by atoms with Crippen LogP contribution < -0.4 is 15.0 Å². The molecular weight excluding hydrogens is 231 g/mol. The summed E-state index contributed by atoms with van der Waals surface area (Å²) in [5, 5.41) is 3.28. The van der Waals surface area contributed by atoms with Crippen LogP contribution in [0.3, 0.4) is 0 Å². The second-order valence-electron chi connectivity index (χ2n) is 3.56. The number of ether oxygens (including phenoxy) is 1. The lowest BCUT2D eigenvalue weighted by molar-refractivity contribution is 0.386. The lowest BCUT2D eigenvalue weighted by atomic mass is 10.2. The largest absolute Gasteiger partial charge is 0.494 e. The number of halogens is 2. The van der Waals surface area contributed by atoms with E-state index in [2.05, 4.69) is 10.2 Å².